The van der Waals surface area contributed by atoms with Crippen molar-refractivity contribution in [1.29, 1.82) is 0 Å². The summed E-state index contributed by atoms with van der Waals surface area (Å²) in [6, 6.07) is 3.01. The molecular formula is C7H10N2O2S. The molecular weight excluding hydrogens is 176 g/mol. The van der Waals surface area contributed by atoms with Gasteiger partial charge in [-0.05, 0) is 12.1 Å². The molecule has 12 heavy (non-hydrogen) atoms. The zero-order valence-corrected chi connectivity index (χ0v) is 7.50. The molecule has 0 saturated carbocycles. The molecule has 0 atom stereocenters. The van der Waals surface area contributed by atoms with Crippen molar-refractivity contribution < 1.29 is 8.42 Å². The van der Waals surface area contributed by atoms with Gasteiger partial charge in [-0.3, -0.25) is 0 Å². The first-order valence-electron chi connectivity index (χ1n) is 3.51. The van der Waals surface area contributed by atoms with Crippen molar-refractivity contribution in [1.82, 2.24) is 4.98 Å². The van der Waals surface area contributed by atoms with Crippen LogP contribution in [0.4, 0.5) is 5.82 Å². The van der Waals surface area contributed by atoms with Crippen LogP contribution in [0.25, 0.3) is 0 Å². The Morgan fingerprint density at radius 3 is 2.75 bits per heavy atom. The summed E-state index contributed by atoms with van der Waals surface area (Å²) in [5, 5.41) is 0. The number of sulfone groups is 1. The Morgan fingerprint density at radius 2 is 2.25 bits per heavy atom. The van der Waals surface area contributed by atoms with E-state index in [1.165, 1.54) is 12.3 Å². The van der Waals surface area contributed by atoms with Gasteiger partial charge in [0.25, 0.3) is 0 Å². The number of hydrogen-bond donors (Lipinski definition) is 1. The van der Waals surface area contributed by atoms with Crippen LogP contribution in [0.1, 0.15) is 6.92 Å². The average Bonchev–Trinajstić information content (AvgIpc) is 2.05. The summed E-state index contributed by atoms with van der Waals surface area (Å²) in [6.45, 7) is 1.57. The van der Waals surface area contributed by atoms with Crippen LogP contribution in [0.3, 0.4) is 0 Å². The Labute approximate surface area is 71.3 Å². The van der Waals surface area contributed by atoms with Gasteiger partial charge in [0, 0.05) is 6.20 Å². The van der Waals surface area contributed by atoms with Crippen LogP contribution >= 0.6 is 0 Å². The Kier molecular flexibility index (Phi) is 2.32. The smallest absolute Gasteiger partial charge is 0.181 e. The highest BCUT2D eigenvalue weighted by molar-refractivity contribution is 7.91. The van der Waals surface area contributed by atoms with Gasteiger partial charge >= 0.3 is 0 Å². The molecule has 1 heterocycles. The van der Waals surface area contributed by atoms with Crippen molar-refractivity contribution in [3.05, 3.63) is 18.3 Å². The van der Waals surface area contributed by atoms with E-state index in [0.29, 0.717) is 0 Å². The van der Waals surface area contributed by atoms with E-state index in [1.54, 1.807) is 13.0 Å². The first-order valence-corrected chi connectivity index (χ1v) is 5.16. The molecule has 0 amide bonds. The number of nitrogens with zero attached hydrogens (tertiary/aromatic N) is 1. The third kappa shape index (κ3) is 1.55. The van der Waals surface area contributed by atoms with Gasteiger partial charge in [0.15, 0.2) is 9.84 Å². The number of pyridine rings is 1. The first-order chi connectivity index (χ1) is 5.58. The molecule has 0 saturated heterocycles. The van der Waals surface area contributed by atoms with Crippen molar-refractivity contribution in [2.75, 3.05) is 11.5 Å². The Hall–Kier alpha value is -1.10. The maximum Gasteiger partial charge on any atom is 0.181 e. The van der Waals surface area contributed by atoms with Gasteiger partial charge in [-0.25, -0.2) is 13.4 Å². The van der Waals surface area contributed by atoms with Gasteiger partial charge in [0.1, 0.15) is 10.7 Å². The van der Waals surface area contributed by atoms with Crippen LogP contribution in [0.5, 0.6) is 0 Å². The number of hydrogen-bond acceptors (Lipinski definition) is 4. The minimum absolute atomic E-state index is 0.0445. The number of nitrogen functional groups attached to an aromatic ring is 1. The lowest BCUT2D eigenvalue weighted by atomic mass is 10.5. The topological polar surface area (TPSA) is 73.0 Å². The summed E-state index contributed by atoms with van der Waals surface area (Å²) in [4.78, 5) is 3.81. The molecule has 1 aromatic rings. The summed E-state index contributed by atoms with van der Waals surface area (Å²) in [5.41, 5.74) is 5.39. The van der Waals surface area contributed by atoms with Gasteiger partial charge < -0.3 is 5.73 Å². The van der Waals surface area contributed by atoms with Crippen LogP contribution in [0.2, 0.25) is 0 Å². The fourth-order valence-corrected chi connectivity index (χ4v) is 1.79. The van der Waals surface area contributed by atoms with Crippen molar-refractivity contribution >= 4 is 15.7 Å². The molecule has 0 unspecified atom stereocenters. The standard InChI is InChI=1S/C7H10N2O2S/c1-2-12(10,11)6-4-3-5-9-7(6)8/h3-5H,2H2,1H3,(H2,8,9). The summed E-state index contributed by atoms with van der Waals surface area (Å²) >= 11 is 0. The van der Waals surface area contributed by atoms with Crippen LogP contribution < -0.4 is 5.73 Å². The van der Waals surface area contributed by atoms with Gasteiger partial charge in [0.05, 0.1) is 5.75 Å². The van der Waals surface area contributed by atoms with Crippen LogP contribution in [-0.2, 0) is 9.84 Å². The van der Waals surface area contributed by atoms with E-state index in [2.05, 4.69) is 4.98 Å². The molecule has 0 aliphatic heterocycles. The van der Waals surface area contributed by atoms with Crippen molar-refractivity contribution in [3.8, 4) is 0 Å². The normalized spacial score (nSPS) is 11.4. The third-order valence-electron chi connectivity index (χ3n) is 1.51. The minimum atomic E-state index is -3.22. The van der Waals surface area contributed by atoms with Gasteiger partial charge in [-0.15, -0.1) is 0 Å². The van der Waals surface area contributed by atoms with Crippen molar-refractivity contribution in [2.45, 2.75) is 11.8 Å². The lowest BCUT2D eigenvalue weighted by Gasteiger charge is -2.02. The van der Waals surface area contributed by atoms with Crippen LogP contribution in [0, 0.1) is 0 Å². The van der Waals surface area contributed by atoms with Crippen LogP contribution in [-0.4, -0.2) is 19.2 Å². The maximum absolute atomic E-state index is 11.3. The molecule has 0 radical (unpaired) electrons. The molecule has 0 aromatic carbocycles. The van der Waals surface area contributed by atoms with Crippen LogP contribution in [0.15, 0.2) is 23.2 Å². The summed E-state index contributed by atoms with van der Waals surface area (Å²) in [5.74, 6) is 0.113. The quantitative estimate of drug-likeness (QED) is 0.728. The zero-order valence-electron chi connectivity index (χ0n) is 6.69. The molecule has 4 nitrogen and oxygen atoms in total. The molecule has 0 aliphatic carbocycles. The Balaban J connectivity index is 3.30. The average molecular weight is 186 g/mol. The molecule has 0 spiro atoms. The first kappa shape index (κ1) is 8.99. The monoisotopic (exact) mass is 186 g/mol. The minimum Gasteiger partial charge on any atom is -0.383 e. The van der Waals surface area contributed by atoms with Gasteiger partial charge in [-0.2, -0.15) is 0 Å². The number of nitrogens with two attached hydrogens (primary N) is 1. The molecule has 0 fully saturated rings. The highest BCUT2D eigenvalue weighted by atomic mass is 32.2. The molecule has 0 bridgehead atoms. The van der Waals surface area contributed by atoms with E-state index < -0.39 is 9.84 Å². The largest absolute Gasteiger partial charge is 0.383 e. The maximum atomic E-state index is 11.3. The second-order valence-electron chi connectivity index (χ2n) is 2.29. The predicted octanol–water partition coefficient (Wildman–Crippen LogP) is 0.457. The van der Waals surface area contributed by atoms with E-state index in [0.717, 1.165) is 0 Å². The van der Waals surface area contributed by atoms with E-state index in [-0.39, 0.29) is 16.5 Å². The van der Waals surface area contributed by atoms with E-state index in [4.69, 9.17) is 5.73 Å². The number of rotatable bonds is 2. The highest BCUT2D eigenvalue weighted by Crippen LogP contribution is 2.15. The van der Waals surface area contributed by atoms with E-state index in [1.807, 2.05) is 0 Å². The fraction of sp³-hybridized carbons (Fsp3) is 0.286. The predicted molar refractivity (Wildman–Crippen MR) is 46.4 cm³/mol. The molecule has 5 heteroatoms. The number of aromatic nitrogens is 1. The summed E-state index contributed by atoms with van der Waals surface area (Å²) in [7, 11) is -3.22. The van der Waals surface area contributed by atoms with Gasteiger partial charge in [-0.1, -0.05) is 6.92 Å². The second kappa shape index (κ2) is 3.10. The lowest BCUT2D eigenvalue weighted by molar-refractivity contribution is 0.597. The fourth-order valence-electron chi connectivity index (χ4n) is 0.821. The lowest BCUT2D eigenvalue weighted by Crippen LogP contribution is -2.07. The highest BCUT2D eigenvalue weighted by Gasteiger charge is 2.14. The SMILES string of the molecule is CCS(=O)(=O)c1cccnc1N. The summed E-state index contributed by atoms with van der Waals surface area (Å²) < 4.78 is 22.6. The number of anilines is 1. The van der Waals surface area contributed by atoms with Gasteiger partial charge in [0.2, 0.25) is 0 Å². The molecule has 1 aromatic heterocycles. The Morgan fingerprint density at radius 1 is 1.58 bits per heavy atom. The molecule has 0 aliphatic rings. The van der Waals surface area contributed by atoms with E-state index >= 15 is 0 Å². The Bertz CT molecular complexity index is 373. The summed E-state index contributed by atoms with van der Waals surface area (Å²) in [6.07, 6.45) is 1.46. The molecule has 66 valence electrons. The zero-order chi connectivity index (χ0) is 9.19. The molecule has 1 rings (SSSR count). The van der Waals surface area contributed by atoms with Crippen molar-refractivity contribution in [2.24, 2.45) is 0 Å². The second-order valence-corrected chi connectivity index (χ2v) is 4.54. The molecule has 2 N–H and O–H groups in total. The van der Waals surface area contributed by atoms with E-state index in [9.17, 15) is 8.42 Å². The van der Waals surface area contributed by atoms with Crippen molar-refractivity contribution in [3.63, 3.8) is 0 Å². The third-order valence-corrected chi connectivity index (χ3v) is 3.29.